The van der Waals surface area contributed by atoms with Crippen LogP contribution in [0.2, 0.25) is 0 Å². The van der Waals surface area contributed by atoms with Crippen LogP contribution in [0.5, 0.6) is 11.5 Å². The summed E-state index contributed by atoms with van der Waals surface area (Å²) in [6.45, 7) is 5.56. The highest BCUT2D eigenvalue weighted by Gasteiger charge is 2.28. The summed E-state index contributed by atoms with van der Waals surface area (Å²) in [4.78, 5) is 13.9. The number of esters is 1. The van der Waals surface area contributed by atoms with E-state index in [1.807, 2.05) is 18.2 Å². The first-order chi connectivity index (χ1) is 11.1. The zero-order chi connectivity index (χ0) is 16.8. The lowest BCUT2D eigenvalue weighted by Gasteiger charge is -2.37. The molecule has 23 heavy (non-hydrogen) atoms. The first kappa shape index (κ1) is 17.3. The molecule has 0 spiro atoms. The summed E-state index contributed by atoms with van der Waals surface area (Å²) in [6.07, 6.45) is 3.95. The van der Waals surface area contributed by atoms with Gasteiger partial charge in [0, 0.05) is 25.6 Å². The Morgan fingerprint density at radius 3 is 2.61 bits per heavy atom. The molecule has 0 aliphatic carbocycles. The van der Waals surface area contributed by atoms with Crippen molar-refractivity contribution in [1.29, 1.82) is 0 Å². The van der Waals surface area contributed by atoms with Crippen LogP contribution in [0.1, 0.15) is 30.0 Å². The van der Waals surface area contributed by atoms with Crippen LogP contribution in [0.4, 0.5) is 0 Å². The van der Waals surface area contributed by atoms with E-state index in [0.29, 0.717) is 12.8 Å². The molecular weight excluding hydrogens is 294 g/mol. The lowest BCUT2D eigenvalue weighted by molar-refractivity contribution is -0.141. The Bertz CT molecular complexity index is 570. The molecule has 0 amide bonds. The molecule has 0 N–H and O–H groups in total. The van der Waals surface area contributed by atoms with Crippen molar-refractivity contribution in [2.75, 3.05) is 34.4 Å². The van der Waals surface area contributed by atoms with E-state index < -0.39 is 0 Å². The number of ether oxygens (including phenoxy) is 3. The summed E-state index contributed by atoms with van der Waals surface area (Å²) in [5, 5.41) is 0. The maximum absolute atomic E-state index is 11.5. The fraction of sp³-hybridized carbons (Fsp3) is 0.500. The summed E-state index contributed by atoms with van der Waals surface area (Å²) in [6, 6.07) is 4.23. The number of carbonyl (C=O) groups is 1. The van der Waals surface area contributed by atoms with Gasteiger partial charge in [-0.15, -0.1) is 6.58 Å². The van der Waals surface area contributed by atoms with Crippen LogP contribution < -0.4 is 9.47 Å². The lowest BCUT2D eigenvalue weighted by atomic mass is 9.89. The summed E-state index contributed by atoms with van der Waals surface area (Å²) in [7, 11) is 4.70. The molecule has 0 saturated heterocycles. The molecular formula is C18H25NO4. The Balaban J connectivity index is 2.35. The van der Waals surface area contributed by atoms with Crippen LogP contribution in [-0.4, -0.2) is 45.3 Å². The third-order valence-corrected chi connectivity index (χ3v) is 4.33. The minimum atomic E-state index is -0.184. The van der Waals surface area contributed by atoms with Gasteiger partial charge in [-0.05, 0) is 36.1 Å². The van der Waals surface area contributed by atoms with Crippen molar-refractivity contribution in [2.24, 2.45) is 0 Å². The Morgan fingerprint density at radius 1 is 1.30 bits per heavy atom. The van der Waals surface area contributed by atoms with E-state index in [9.17, 15) is 4.79 Å². The van der Waals surface area contributed by atoms with Gasteiger partial charge in [-0.25, -0.2) is 0 Å². The highest BCUT2D eigenvalue weighted by atomic mass is 16.5. The molecule has 2 rings (SSSR count). The maximum atomic E-state index is 11.5. The Morgan fingerprint density at radius 2 is 2.00 bits per heavy atom. The van der Waals surface area contributed by atoms with E-state index in [-0.39, 0.29) is 12.0 Å². The Labute approximate surface area is 137 Å². The average molecular weight is 319 g/mol. The average Bonchev–Trinajstić information content (AvgIpc) is 2.59. The predicted octanol–water partition coefficient (Wildman–Crippen LogP) is 2.74. The van der Waals surface area contributed by atoms with Gasteiger partial charge in [-0.3, -0.25) is 9.69 Å². The van der Waals surface area contributed by atoms with Crippen LogP contribution in [0.3, 0.4) is 0 Å². The number of hydrogen-bond donors (Lipinski definition) is 0. The zero-order valence-electron chi connectivity index (χ0n) is 14.1. The number of carbonyl (C=O) groups excluding carboxylic acids is 1. The van der Waals surface area contributed by atoms with Crippen molar-refractivity contribution in [3.05, 3.63) is 35.9 Å². The second-order valence-electron chi connectivity index (χ2n) is 5.57. The van der Waals surface area contributed by atoms with E-state index >= 15 is 0 Å². The van der Waals surface area contributed by atoms with E-state index in [4.69, 9.17) is 14.2 Å². The predicted molar refractivity (Wildman–Crippen MR) is 89.0 cm³/mol. The summed E-state index contributed by atoms with van der Waals surface area (Å²) in [5.41, 5.74) is 2.44. The van der Waals surface area contributed by atoms with Crippen molar-refractivity contribution in [1.82, 2.24) is 4.90 Å². The monoisotopic (exact) mass is 319 g/mol. The first-order valence-corrected chi connectivity index (χ1v) is 7.81. The van der Waals surface area contributed by atoms with Gasteiger partial charge in [0.05, 0.1) is 21.3 Å². The molecule has 5 heteroatoms. The van der Waals surface area contributed by atoms with Gasteiger partial charge >= 0.3 is 5.97 Å². The van der Waals surface area contributed by atoms with Gasteiger partial charge in [-0.1, -0.05) is 6.08 Å². The summed E-state index contributed by atoms with van der Waals surface area (Å²) in [5.74, 6) is 1.28. The number of fused-ring (bicyclic) bond motifs is 1. The second-order valence-corrected chi connectivity index (χ2v) is 5.57. The summed E-state index contributed by atoms with van der Waals surface area (Å²) >= 11 is 0. The molecule has 0 saturated carbocycles. The SMILES string of the molecule is C=CCN1CCc2cc(OC)c(OC)cc2C1CCC(=O)OC. The fourth-order valence-corrected chi connectivity index (χ4v) is 3.16. The van der Waals surface area contributed by atoms with Crippen molar-refractivity contribution in [3.63, 3.8) is 0 Å². The molecule has 1 aliphatic heterocycles. The van der Waals surface area contributed by atoms with Gasteiger partial charge in [0.15, 0.2) is 11.5 Å². The second kappa shape index (κ2) is 8.02. The third kappa shape index (κ3) is 3.85. The Kier molecular flexibility index (Phi) is 6.04. The van der Waals surface area contributed by atoms with Crippen molar-refractivity contribution >= 4 is 5.97 Å². The van der Waals surface area contributed by atoms with Gasteiger partial charge in [0.2, 0.25) is 0 Å². The minimum absolute atomic E-state index is 0.149. The van der Waals surface area contributed by atoms with Crippen LogP contribution in [0.15, 0.2) is 24.8 Å². The van der Waals surface area contributed by atoms with Crippen LogP contribution >= 0.6 is 0 Å². The number of methoxy groups -OCH3 is 3. The summed E-state index contributed by atoms with van der Waals surface area (Å²) < 4.78 is 15.6. The molecule has 5 nitrogen and oxygen atoms in total. The molecule has 0 aromatic heterocycles. The maximum Gasteiger partial charge on any atom is 0.305 e. The molecule has 0 fully saturated rings. The lowest BCUT2D eigenvalue weighted by Crippen LogP contribution is -2.36. The zero-order valence-corrected chi connectivity index (χ0v) is 14.1. The number of hydrogen-bond acceptors (Lipinski definition) is 5. The molecule has 1 atom stereocenters. The van der Waals surface area contributed by atoms with Crippen molar-refractivity contribution in [3.8, 4) is 11.5 Å². The molecule has 1 aromatic rings. The molecule has 0 bridgehead atoms. The highest BCUT2D eigenvalue weighted by Crippen LogP contribution is 2.39. The smallest absolute Gasteiger partial charge is 0.305 e. The first-order valence-electron chi connectivity index (χ1n) is 7.81. The largest absolute Gasteiger partial charge is 0.493 e. The topological polar surface area (TPSA) is 48.0 Å². The van der Waals surface area contributed by atoms with E-state index in [2.05, 4.69) is 11.5 Å². The highest BCUT2D eigenvalue weighted by molar-refractivity contribution is 5.69. The van der Waals surface area contributed by atoms with E-state index in [1.165, 1.54) is 18.2 Å². The quantitative estimate of drug-likeness (QED) is 0.571. The Hall–Kier alpha value is -2.01. The fourth-order valence-electron chi connectivity index (χ4n) is 3.16. The molecule has 1 aliphatic rings. The van der Waals surface area contributed by atoms with Crippen molar-refractivity contribution < 1.29 is 19.0 Å². The van der Waals surface area contributed by atoms with Gasteiger partial charge in [0.25, 0.3) is 0 Å². The molecule has 126 valence electrons. The number of nitrogens with zero attached hydrogens (tertiary/aromatic N) is 1. The molecule has 0 radical (unpaired) electrons. The van der Waals surface area contributed by atoms with E-state index in [0.717, 1.165) is 31.0 Å². The van der Waals surface area contributed by atoms with Crippen molar-refractivity contribution in [2.45, 2.75) is 25.3 Å². The third-order valence-electron chi connectivity index (χ3n) is 4.33. The van der Waals surface area contributed by atoms with E-state index in [1.54, 1.807) is 14.2 Å². The normalized spacial score (nSPS) is 17.3. The standard InChI is InChI=1S/C18H25NO4/c1-5-9-19-10-8-13-11-16(21-2)17(22-3)12-14(13)15(19)6-7-18(20)23-4/h5,11-12,15H,1,6-10H2,2-4H3. The molecule has 1 heterocycles. The number of benzene rings is 1. The minimum Gasteiger partial charge on any atom is -0.493 e. The van der Waals surface area contributed by atoms with Crippen LogP contribution in [0, 0.1) is 0 Å². The van der Waals surface area contributed by atoms with Gasteiger partial charge < -0.3 is 14.2 Å². The van der Waals surface area contributed by atoms with Crippen LogP contribution in [0.25, 0.3) is 0 Å². The van der Waals surface area contributed by atoms with Crippen LogP contribution in [-0.2, 0) is 16.0 Å². The number of rotatable bonds is 7. The molecule has 1 unspecified atom stereocenters. The molecule has 1 aromatic carbocycles. The van der Waals surface area contributed by atoms with Gasteiger partial charge in [0.1, 0.15) is 0 Å². The van der Waals surface area contributed by atoms with Gasteiger partial charge in [-0.2, -0.15) is 0 Å².